The van der Waals surface area contributed by atoms with E-state index in [-0.39, 0.29) is 15.6 Å². The lowest BCUT2D eigenvalue weighted by atomic mass is 9.85. The number of benzene rings is 1. The Morgan fingerprint density at radius 1 is 1.25 bits per heavy atom. The molecule has 2 aliphatic rings. The molecule has 0 spiro atoms. The van der Waals surface area contributed by atoms with Crippen molar-refractivity contribution < 1.29 is 31.1 Å². The Morgan fingerprint density at radius 2 is 1.88 bits per heavy atom. The molecule has 1 aliphatic heterocycles. The van der Waals surface area contributed by atoms with Gasteiger partial charge in [-0.2, -0.15) is 17.5 Å². The second-order valence-electron chi connectivity index (χ2n) is 5.66. The van der Waals surface area contributed by atoms with E-state index in [1.54, 1.807) is 6.07 Å². The van der Waals surface area contributed by atoms with Crippen LogP contribution in [0.25, 0.3) is 0 Å². The van der Waals surface area contributed by atoms with Crippen molar-refractivity contribution in [2.45, 2.75) is 29.1 Å². The van der Waals surface area contributed by atoms with Crippen molar-refractivity contribution >= 4 is 16.0 Å². The summed E-state index contributed by atoms with van der Waals surface area (Å²) in [6.07, 6.45) is -2.60. The van der Waals surface area contributed by atoms with Crippen LogP contribution in [-0.4, -0.2) is 43.6 Å². The first-order valence-corrected chi connectivity index (χ1v) is 8.54. The smallest absolute Gasteiger partial charge is 0.419 e. The first-order valence-electron chi connectivity index (χ1n) is 7.10. The highest BCUT2D eigenvalue weighted by molar-refractivity contribution is 7.89. The Morgan fingerprint density at radius 3 is 2.42 bits per heavy atom. The molecule has 0 N–H and O–H groups in total. The number of carbonyl (C=O) groups is 1. The molecular formula is C15H14F3NO4S. The van der Waals surface area contributed by atoms with E-state index >= 15 is 0 Å². The number of carbonyl (C=O) groups excluding carboxylic acids is 1. The van der Waals surface area contributed by atoms with Gasteiger partial charge >= 0.3 is 12.1 Å². The molecule has 9 heteroatoms. The van der Waals surface area contributed by atoms with Crippen LogP contribution in [0.5, 0.6) is 0 Å². The van der Waals surface area contributed by atoms with E-state index in [2.05, 4.69) is 4.74 Å². The van der Waals surface area contributed by atoms with Crippen molar-refractivity contribution in [1.82, 2.24) is 4.31 Å². The van der Waals surface area contributed by atoms with Crippen LogP contribution in [0.1, 0.15) is 6.42 Å². The molecule has 3 atom stereocenters. The van der Waals surface area contributed by atoms with Gasteiger partial charge in [-0.05, 0) is 18.6 Å². The standard InChI is InChI=1S/C15H14F3NO4S/c1-23-13(20)14(15(16,17)18)10-7-8-11(9-10)19(14)24(21,22)12-5-3-2-4-6-12/h2-8,10-11H,9H2,1H3/t10-,11+,14-/m1/s1. The Balaban J connectivity index is 2.25. The highest BCUT2D eigenvalue weighted by Crippen LogP contribution is 2.55. The van der Waals surface area contributed by atoms with Crippen molar-refractivity contribution in [1.29, 1.82) is 0 Å². The van der Waals surface area contributed by atoms with Gasteiger partial charge < -0.3 is 4.74 Å². The number of esters is 1. The van der Waals surface area contributed by atoms with Crippen LogP contribution in [0.4, 0.5) is 13.2 Å². The summed E-state index contributed by atoms with van der Waals surface area (Å²) >= 11 is 0. The largest absolute Gasteiger partial charge is 0.467 e. The molecule has 0 amide bonds. The average molecular weight is 361 g/mol. The van der Waals surface area contributed by atoms with E-state index < -0.39 is 39.7 Å². The second-order valence-corrected chi connectivity index (χ2v) is 7.48. The summed E-state index contributed by atoms with van der Waals surface area (Å²) in [5, 5.41) is 0. The van der Waals surface area contributed by atoms with Gasteiger partial charge in [0.05, 0.1) is 12.0 Å². The molecular weight excluding hydrogens is 347 g/mol. The number of alkyl halides is 3. The summed E-state index contributed by atoms with van der Waals surface area (Å²) in [4.78, 5) is 11.9. The number of nitrogens with zero attached hydrogens (tertiary/aromatic N) is 1. The fraction of sp³-hybridized carbons (Fsp3) is 0.400. The summed E-state index contributed by atoms with van der Waals surface area (Å²) in [5.74, 6) is -2.93. The van der Waals surface area contributed by atoms with Crippen LogP contribution in [0, 0.1) is 5.92 Å². The zero-order valence-corrected chi connectivity index (χ0v) is 13.3. The molecule has 2 bridgehead atoms. The molecule has 0 aromatic heterocycles. The Labute approximate surface area is 136 Å². The van der Waals surface area contributed by atoms with E-state index in [0.29, 0.717) is 0 Å². The van der Waals surface area contributed by atoms with Crippen LogP contribution in [0.2, 0.25) is 0 Å². The molecule has 0 saturated carbocycles. The summed E-state index contributed by atoms with van der Waals surface area (Å²) in [6, 6.07) is 5.72. The van der Waals surface area contributed by atoms with Gasteiger partial charge in [-0.3, -0.25) is 0 Å². The Hall–Kier alpha value is -1.87. The van der Waals surface area contributed by atoms with Gasteiger partial charge in [0.1, 0.15) is 0 Å². The van der Waals surface area contributed by atoms with Crippen molar-refractivity contribution in [3.63, 3.8) is 0 Å². The van der Waals surface area contributed by atoms with E-state index in [1.165, 1.54) is 36.4 Å². The first kappa shape index (κ1) is 17.0. The van der Waals surface area contributed by atoms with Crippen molar-refractivity contribution in [3.05, 3.63) is 42.5 Å². The van der Waals surface area contributed by atoms with E-state index in [1.807, 2.05) is 0 Å². The number of ether oxygens (including phenoxy) is 1. The molecule has 1 aromatic rings. The van der Waals surface area contributed by atoms with E-state index in [4.69, 9.17) is 0 Å². The van der Waals surface area contributed by atoms with Gasteiger partial charge in [0.2, 0.25) is 15.6 Å². The molecule has 130 valence electrons. The molecule has 1 aromatic carbocycles. The lowest BCUT2D eigenvalue weighted by molar-refractivity contribution is -0.230. The Bertz CT molecular complexity index is 791. The normalized spacial score (nSPS) is 29.8. The number of sulfonamides is 1. The van der Waals surface area contributed by atoms with Gasteiger partial charge in [-0.15, -0.1) is 0 Å². The zero-order chi connectivity index (χ0) is 17.8. The number of halogens is 3. The third-order valence-electron chi connectivity index (χ3n) is 4.48. The van der Waals surface area contributed by atoms with Gasteiger partial charge in [0.25, 0.3) is 0 Å². The number of rotatable bonds is 3. The minimum atomic E-state index is -5.12. The molecule has 5 nitrogen and oxygen atoms in total. The Kier molecular flexibility index (Phi) is 3.76. The van der Waals surface area contributed by atoms with Gasteiger partial charge in [-0.25, -0.2) is 13.2 Å². The highest BCUT2D eigenvalue weighted by Gasteiger charge is 2.76. The van der Waals surface area contributed by atoms with Gasteiger partial charge in [0.15, 0.2) is 0 Å². The summed E-state index contributed by atoms with van der Waals surface area (Å²) in [5.41, 5.74) is -3.24. The van der Waals surface area contributed by atoms with Crippen LogP contribution in [0.15, 0.2) is 47.4 Å². The zero-order valence-electron chi connectivity index (χ0n) is 12.5. The maximum Gasteiger partial charge on any atom is 0.419 e. The molecule has 1 fully saturated rings. The van der Waals surface area contributed by atoms with E-state index in [9.17, 15) is 26.4 Å². The predicted molar refractivity (Wildman–Crippen MR) is 77.3 cm³/mol. The SMILES string of the molecule is COC(=O)[C@@]1(C(F)(F)F)[C@@H]2C=C[C@@H](C2)N1S(=O)(=O)c1ccccc1. The van der Waals surface area contributed by atoms with E-state index in [0.717, 1.165) is 7.11 Å². The summed E-state index contributed by atoms with van der Waals surface area (Å²) in [6.45, 7) is 0. The lowest BCUT2D eigenvalue weighted by Crippen LogP contribution is -2.67. The molecule has 0 unspecified atom stereocenters. The molecule has 3 rings (SSSR count). The van der Waals surface area contributed by atoms with Crippen LogP contribution >= 0.6 is 0 Å². The number of fused-ring (bicyclic) bond motifs is 2. The van der Waals surface area contributed by atoms with Crippen LogP contribution in [0.3, 0.4) is 0 Å². The quantitative estimate of drug-likeness (QED) is 0.611. The van der Waals surface area contributed by atoms with Gasteiger partial charge in [-0.1, -0.05) is 30.4 Å². The highest BCUT2D eigenvalue weighted by atomic mass is 32.2. The molecule has 1 heterocycles. The summed E-state index contributed by atoms with van der Waals surface area (Å²) in [7, 11) is -3.74. The van der Waals surface area contributed by atoms with Crippen molar-refractivity contribution in [3.8, 4) is 0 Å². The third-order valence-corrected chi connectivity index (χ3v) is 6.42. The molecule has 24 heavy (non-hydrogen) atoms. The monoisotopic (exact) mass is 361 g/mol. The molecule has 0 radical (unpaired) electrons. The maximum atomic E-state index is 14.0. The third kappa shape index (κ3) is 2.04. The minimum absolute atomic E-state index is 0.110. The number of hydrogen-bond donors (Lipinski definition) is 0. The first-order chi connectivity index (χ1) is 11.2. The molecule has 1 saturated heterocycles. The topological polar surface area (TPSA) is 63.7 Å². The average Bonchev–Trinajstić information content (AvgIpc) is 3.14. The summed E-state index contributed by atoms with van der Waals surface area (Å²) < 4.78 is 72.3. The van der Waals surface area contributed by atoms with Crippen molar-refractivity contribution in [2.24, 2.45) is 5.92 Å². The van der Waals surface area contributed by atoms with Crippen LogP contribution < -0.4 is 0 Å². The molecule has 1 aliphatic carbocycles. The fourth-order valence-corrected chi connectivity index (χ4v) is 5.44. The predicted octanol–water partition coefficient (Wildman–Crippen LogP) is 2.11. The minimum Gasteiger partial charge on any atom is -0.467 e. The lowest BCUT2D eigenvalue weighted by Gasteiger charge is -2.41. The number of methoxy groups -OCH3 is 1. The van der Waals surface area contributed by atoms with Gasteiger partial charge in [0, 0.05) is 12.0 Å². The number of hydrogen-bond acceptors (Lipinski definition) is 4. The van der Waals surface area contributed by atoms with Crippen LogP contribution in [-0.2, 0) is 19.6 Å². The second kappa shape index (κ2) is 5.32. The maximum absolute atomic E-state index is 14.0. The fourth-order valence-electron chi connectivity index (χ4n) is 3.51. The van der Waals surface area contributed by atoms with Crippen molar-refractivity contribution in [2.75, 3.05) is 7.11 Å².